The zero-order valence-corrected chi connectivity index (χ0v) is 8.78. The van der Waals surface area contributed by atoms with Crippen molar-refractivity contribution in [1.82, 2.24) is 0 Å². The van der Waals surface area contributed by atoms with Gasteiger partial charge < -0.3 is 4.74 Å². The van der Waals surface area contributed by atoms with Gasteiger partial charge in [-0.25, -0.2) is 0 Å². The zero-order valence-electron chi connectivity index (χ0n) is 7.96. The second-order valence-electron chi connectivity index (χ2n) is 3.87. The van der Waals surface area contributed by atoms with Crippen molar-refractivity contribution in [1.29, 1.82) is 0 Å². The average molecular weight is 184 g/mol. The van der Waals surface area contributed by atoms with Crippen molar-refractivity contribution in [3.8, 4) is 0 Å². The third-order valence-corrected chi connectivity index (χ3v) is 3.72. The van der Waals surface area contributed by atoms with E-state index in [1.807, 2.05) is 11.8 Å². The van der Waals surface area contributed by atoms with E-state index in [0.717, 1.165) is 0 Å². The minimum atomic E-state index is 0.461. The fraction of sp³-hybridized carbons (Fsp3) is 0.800. The van der Waals surface area contributed by atoms with Gasteiger partial charge >= 0.3 is 0 Å². The van der Waals surface area contributed by atoms with Gasteiger partial charge in [0, 0.05) is 4.91 Å². The van der Waals surface area contributed by atoms with Crippen molar-refractivity contribution in [2.75, 3.05) is 6.26 Å². The maximum atomic E-state index is 5.85. The molecule has 0 radical (unpaired) electrons. The van der Waals surface area contributed by atoms with Crippen LogP contribution in [0.4, 0.5) is 0 Å². The molecular weight excluding hydrogens is 168 g/mol. The first-order valence-corrected chi connectivity index (χ1v) is 5.90. The van der Waals surface area contributed by atoms with Crippen LogP contribution in [-0.4, -0.2) is 18.5 Å². The van der Waals surface area contributed by atoms with Gasteiger partial charge in [-0.15, -0.1) is 11.8 Å². The van der Waals surface area contributed by atoms with Gasteiger partial charge in [-0.3, -0.25) is 0 Å². The standard InChI is InChI=1S/C10H16OS/c1-6(2)9-7-4-5-8(11-7)10(9)12-3/h6-8H,4-5H2,1-3H3. The molecule has 0 aliphatic carbocycles. The predicted molar refractivity (Wildman–Crippen MR) is 53.3 cm³/mol. The van der Waals surface area contributed by atoms with E-state index in [1.54, 1.807) is 5.57 Å². The van der Waals surface area contributed by atoms with E-state index >= 15 is 0 Å². The Morgan fingerprint density at radius 2 is 2.00 bits per heavy atom. The minimum Gasteiger partial charge on any atom is -0.365 e. The molecular formula is C10H16OS. The first-order valence-electron chi connectivity index (χ1n) is 4.67. The molecule has 0 spiro atoms. The van der Waals surface area contributed by atoms with Crippen molar-refractivity contribution in [2.24, 2.45) is 5.92 Å². The first kappa shape index (κ1) is 8.64. The Hall–Kier alpha value is 0.0500. The van der Waals surface area contributed by atoms with E-state index in [-0.39, 0.29) is 0 Å². The van der Waals surface area contributed by atoms with Crippen LogP contribution in [0.15, 0.2) is 10.5 Å². The summed E-state index contributed by atoms with van der Waals surface area (Å²) < 4.78 is 5.85. The molecule has 1 saturated heterocycles. The molecule has 0 saturated carbocycles. The highest BCUT2D eigenvalue weighted by atomic mass is 32.2. The molecule has 0 amide bonds. The summed E-state index contributed by atoms with van der Waals surface area (Å²) in [5, 5.41) is 0. The quantitative estimate of drug-likeness (QED) is 0.652. The van der Waals surface area contributed by atoms with Gasteiger partial charge in [-0.05, 0) is 30.6 Å². The van der Waals surface area contributed by atoms with Gasteiger partial charge in [0.1, 0.15) is 0 Å². The van der Waals surface area contributed by atoms with Gasteiger partial charge in [0.05, 0.1) is 12.2 Å². The van der Waals surface area contributed by atoms with Crippen LogP contribution in [0.5, 0.6) is 0 Å². The van der Waals surface area contributed by atoms with Crippen molar-refractivity contribution in [2.45, 2.75) is 38.9 Å². The largest absolute Gasteiger partial charge is 0.365 e. The topological polar surface area (TPSA) is 9.23 Å². The highest BCUT2D eigenvalue weighted by molar-refractivity contribution is 8.02. The van der Waals surface area contributed by atoms with E-state index in [9.17, 15) is 0 Å². The number of hydrogen-bond donors (Lipinski definition) is 0. The van der Waals surface area contributed by atoms with Crippen molar-refractivity contribution < 1.29 is 4.74 Å². The molecule has 2 unspecified atom stereocenters. The third kappa shape index (κ3) is 1.12. The normalized spacial score (nSPS) is 34.0. The second-order valence-corrected chi connectivity index (χ2v) is 4.72. The Kier molecular flexibility index (Phi) is 2.21. The van der Waals surface area contributed by atoms with Crippen LogP contribution in [-0.2, 0) is 4.74 Å². The lowest BCUT2D eigenvalue weighted by molar-refractivity contribution is 0.111. The highest BCUT2D eigenvalue weighted by Gasteiger charge is 2.40. The highest BCUT2D eigenvalue weighted by Crippen LogP contribution is 2.45. The molecule has 0 aromatic carbocycles. The van der Waals surface area contributed by atoms with E-state index < -0.39 is 0 Å². The lowest BCUT2D eigenvalue weighted by Gasteiger charge is -2.17. The lowest BCUT2D eigenvalue weighted by atomic mass is 9.91. The summed E-state index contributed by atoms with van der Waals surface area (Å²) in [6.07, 6.45) is 5.60. The van der Waals surface area contributed by atoms with E-state index in [1.165, 1.54) is 17.7 Å². The molecule has 2 bridgehead atoms. The molecule has 2 heteroatoms. The zero-order chi connectivity index (χ0) is 8.72. The second kappa shape index (κ2) is 3.08. The predicted octanol–water partition coefficient (Wildman–Crippen LogP) is 2.82. The molecule has 0 N–H and O–H groups in total. The number of ether oxygens (including phenoxy) is 1. The van der Waals surface area contributed by atoms with Crippen LogP contribution in [0.3, 0.4) is 0 Å². The number of hydrogen-bond acceptors (Lipinski definition) is 2. The summed E-state index contributed by atoms with van der Waals surface area (Å²) in [6.45, 7) is 4.55. The SMILES string of the molecule is CSC1=C(C(C)C)C2CCC1O2. The number of fused-ring (bicyclic) bond motifs is 2. The molecule has 1 fully saturated rings. The van der Waals surface area contributed by atoms with Crippen LogP contribution >= 0.6 is 11.8 Å². The Bertz CT molecular complexity index is 220. The molecule has 2 aliphatic rings. The third-order valence-electron chi connectivity index (χ3n) is 2.79. The molecule has 1 nitrogen and oxygen atoms in total. The number of thioether (sulfide) groups is 1. The van der Waals surface area contributed by atoms with E-state index in [2.05, 4.69) is 20.1 Å². The molecule has 12 heavy (non-hydrogen) atoms. The van der Waals surface area contributed by atoms with Crippen LogP contribution in [0.25, 0.3) is 0 Å². The molecule has 0 aromatic rings. The maximum Gasteiger partial charge on any atom is 0.0892 e. The van der Waals surface area contributed by atoms with Gasteiger partial charge in [-0.1, -0.05) is 13.8 Å². The molecule has 2 heterocycles. The molecule has 2 rings (SSSR count). The summed E-state index contributed by atoms with van der Waals surface area (Å²) in [4.78, 5) is 1.53. The van der Waals surface area contributed by atoms with Crippen LogP contribution in [0.1, 0.15) is 26.7 Å². The van der Waals surface area contributed by atoms with Gasteiger partial charge in [0.15, 0.2) is 0 Å². The Morgan fingerprint density at radius 3 is 2.50 bits per heavy atom. The molecule has 2 atom stereocenters. The fourth-order valence-corrected chi connectivity index (χ4v) is 3.35. The van der Waals surface area contributed by atoms with Gasteiger partial charge in [0.2, 0.25) is 0 Å². The number of rotatable bonds is 2. The van der Waals surface area contributed by atoms with Crippen LogP contribution < -0.4 is 0 Å². The van der Waals surface area contributed by atoms with Crippen LogP contribution in [0, 0.1) is 5.92 Å². The summed E-state index contributed by atoms with van der Waals surface area (Å²) in [5.74, 6) is 0.669. The first-order chi connectivity index (χ1) is 5.74. The summed E-state index contributed by atoms with van der Waals surface area (Å²) >= 11 is 1.89. The summed E-state index contributed by atoms with van der Waals surface area (Å²) in [6, 6.07) is 0. The molecule has 2 aliphatic heterocycles. The minimum absolute atomic E-state index is 0.461. The Balaban J connectivity index is 2.30. The summed E-state index contributed by atoms with van der Waals surface area (Å²) in [5.41, 5.74) is 1.58. The van der Waals surface area contributed by atoms with E-state index in [4.69, 9.17) is 4.74 Å². The fourth-order valence-electron chi connectivity index (χ4n) is 2.31. The average Bonchev–Trinajstić information content (AvgIpc) is 2.60. The lowest BCUT2D eigenvalue weighted by Crippen LogP contribution is -2.12. The maximum absolute atomic E-state index is 5.85. The monoisotopic (exact) mass is 184 g/mol. The van der Waals surface area contributed by atoms with Gasteiger partial charge in [-0.2, -0.15) is 0 Å². The van der Waals surface area contributed by atoms with Crippen molar-refractivity contribution >= 4 is 11.8 Å². The van der Waals surface area contributed by atoms with Crippen LogP contribution in [0.2, 0.25) is 0 Å². The Labute approximate surface area is 78.6 Å². The van der Waals surface area contributed by atoms with Gasteiger partial charge in [0.25, 0.3) is 0 Å². The molecule has 0 aromatic heterocycles. The Morgan fingerprint density at radius 1 is 1.33 bits per heavy atom. The van der Waals surface area contributed by atoms with Crippen molar-refractivity contribution in [3.05, 3.63) is 10.5 Å². The summed E-state index contributed by atoms with van der Waals surface area (Å²) in [7, 11) is 0. The smallest absolute Gasteiger partial charge is 0.0892 e. The molecule has 68 valence electrons. The van der Waals surface area contributed by atoms with Crippen molar-refractivity contribution in [3.63, 3.8) is 0 Å². The van der Waals surface area contributed by atoms with E-state index in [0.29, 0.717) is 18.1 Å².